The van der Waals surface area contributed by atoms with E-state index < -0.39 is 0 Å². The lowest BCUT2D eigenvalue weighted by atomic mass is 9.98. The van der Waals surface area contributed by atoms with E-state index in [0.29, 0.717) is 13.0 Å². The van der Waals surface area contributed by atoms with Crippen molar-refractivity contribution < 1.29 is 9.53 Å². The summed E-state index contributed by atoms with van der Waals surface area (Å²) in [6.45, 7) is 2.26. The molecule has 0 aliphatic rings. The number of benzene rings is 2. The number of carbonyl (C=O) groups excluding carboxylic acids is 1. The number of hydrogen-bond acceptors (Lipinski definition) is 2. The summed E-state index contributed by atoms with van der Waals surface area (Å²) >= 11 is 0. The van der Waals surface area contributed by atoms with E-state index in [0.717, 1.165) is 12.0 Å². The van der Waals surface area contributed by atoms with Crippen LogP contribution in [0, 0.1) is 0 Å². The first-order chi connectivity index (χ1) is 9.29. The molecule has 2 heteroatoms. The quantitative estimate of drug-likeness (QED) is 0.765. The van der Waals surface area contributed by atoms with Gasteiger partial charge in [0.15, 0.2) is 0 Å². The Morgan fingerprint density at radius 1 is 0.947 bits per heavy atom. The van der Waals surface area contributed by atoms with Crippen LogP contribution in [0.4, 0.5) is 0 Å². The lowest BCUT2D eigenvalue weighted by molar-refractivity contribution is -0.142. The molecular formula is C17H18O2. The molecule has 0 aliphatic heterocycles. The Bertz CT molecular complexity index is 532. The second-order valence-electron chi connectivity index (χ2n) is 4.41. The minimum atomic E-state index is -0.164. The first kappa shape index (κ1) is 13.3. The average molecular weight is 254 g/mol. The third kappa shape index (κ3) is 3.95. The van der Waals surface area contributed by atoms with Crippen molar-refractivity contribution in [1.29, 1.82) is 0 Å². The zero-order chi connectivity index (χ0) is 13.5. The molecule has 98 valence electrons. The fraction of sp³-hybridized carbons (Fsp3) is 0.235. The van der Waals surface area contributed by atoms with Gasteiger partial charge in [0.2, 0.25) is 0 Å². The molecular weight excluding hydrogens is 236 g/mol. The topological polar surface area (TPSA) is 26.3 Å². The van der Waals surface area contributed by atoms with E-state index in [1.165, 1.54) is 11.1 Å². The summed E-state index contributed by atoms with van der Waals surface area (Å²) in [6, 6.07) is 18.3. The fourth-order valence-electron chi connectivity index (χ4n) is 2.09. The Morgan fingerprint density at radius 2 is 1.58 bits per heavy atom. The molecule has 2 nitrogen and oxygen atoms in total. The maximum absolute atomic E-state index is 11.6. The van der Waals surface area contributed by atoms with Crippen molar-refractivity contribution in [3.05, 3.63) is 71.3 Å². The molecule has 0 saturated carbocycles. The van der Waals surface area contributed by atoms with Gasteiger partial charge in [-0.1, -0.05) is 54.6 Å². The van der Waals surface area contributed by atoms with Gasteiger partial charge in [0, 0.05) is 0 Å². The predicted molar refractivity (Wildman–Crippen MR) is 76.0 cm³/mol. The Labute approximate surface area is 114 Å². The van der Waals surface area contributed by atoms with E-state index in [9.17, 15) is 4.79 Å². The van der Waals surface area contributed by atoms with Crippen molar-refractivity contribution in [3.63, 3.8) is 0 Å². The van der Waals surface area contributed by atoms with Crippen molar-refractivity contribution >= 4 is 5.97 Å². The molecule has 0 atom stereocenters. The van der Waals surface area contributed by atoms with Crippen LogP contribution in [0.1, 0.15) is 23.6 Å². The van der Waals surface area contributed by atoms with Gasteiger partial charge in [-0.3, -0.25) is 4.79 Å². The molecule has 0 amide bonds. The van der Waals surface area contributed by atoms with Gasteiger partial charge in [-0.25, -0.2) is 0 Å². The zero-order valence-corrected chi connectivity index (χ0v) is 11.1. The molecule has 0 radical (unpaired) electrons. The highest BCUT2D eigenvalue weighted by Crippen LogP contribution is 2.15. The molecule has 2 aromatic rings. The molecule has 2 aromatic carbocycles. The molecule has 0 aromatic heterocycles. The van der Waals surface area contributed by atoms with E-state index in [4.69, 9.17) is 4.74 Å². The number of rotatable bonds is 5. The first-order valence-corrected chi connectivity index (χ1v) is 6.56. The molecule has 0 N–H and O–H groups in total. The van der Waals surface area contributed by atoms with Crippen LogP contribution in [0.15, 0.2) is 54.6 Å². The van der Waals surface area contributed by atoms with Crippen LogP contribution >= 0.6 is 0 Å². The Balaban J connectivity index is 2.14. The van der Waals surface area contributed by atoms with Crippen molar-refractivity contribution in [1.82, 2.24) is 0 Å². The molecule has 2 rings (SSSR count). The summed E-state index contributed by atoms with van der Waals surface area (Å²) in [5.41, 5.74) is 3.48. The molecule has 0 fully saturated rings. The van der Waals surface area contributed by atoms with Crippen LogP contribution in [0.2, 0.25) is 0 Å². The molecule has 19 heavy (non-hydrogen) atoms. The summed E-state index contributed by atoms with van der Waals surface area (Å²) in [5, 5.41) is 0. The average Bonchev–Trinajstić information content (AvgIpc) is 2.42. The maximum atomic E-state index is 11.6. The smallest absolute Gasteiger partial charge is 0.310 e. The third-order valence-electron chi connectivity index (χ3n) is 3.00. The standard InChI is InChI=1S/C17H18O2/c1-2-19-17(18)13-16-11-7-6-10-15(16)12-14-8-4-3-5-9-14/h3-11H,2,12-13H2,1H3. The van der Waals surface area contributed by atoms with Crippen LogP contribution in [0.5, 0.6) is 0 Å². The van der Waals surface area contributed by atoms with Gasteiger partial charge in [0.05, 0.1) is 13.0 Å². The summed E-state index contributed by atoms with van der Waals surface area (Å²) in [4.78, 5) is 11.6. The van der Waals surface area contributed by atoms with Crippen molar-refractivity contribution in [2.24, 2.45) is 0 Å². The summed E-state index contributed by atoms with van der Waals surface area (Å²) in [7, 11) is 0. The van der Waals surface area contributed by atoms with Gasteiger partial charge in [-0.15, -0.1) is 0 Å². The molecule has 0 heterocycles. The SMILES string of the molecule is CCOC(=O)Cc1ccccc1Cc1ccccc1. The van der Waals surface area contributed by atoms with Gasteiger partial charge in [0.25, 0.3) is 0 Å². The summed E-state index contributed by atoms with van der Waals surface area (Å²) in [5.74, 6) is -0.164. The largest absolute Gasteiger partial charge is 0.466 e. The van der Waals surface area contributed by atoms with Gasteiger partial charge in [-0.05, 0) is 30.0 Å². The van der Waals surface area contributed by atoms with Crippen LogP contribution in [-0.4, -0.2) is 12.6 Å². The first-order valence-electron chi connectivity index (χ1n) is 6.56. The number of hydrogen-bond donors (Lipinski definition) is 0. The minimum Gasteiger partial charge on any atom is -0.466 e. The Kier molecular flexibility index (Phi) is 4.73. The van der Waals surface area contributed by atoms with Crippen LogP contribution in [0.25, 0.3) is 0 Å². The van der Waals surface area contributed by atoms with Crippen molar-refractivity contribution in [2.45, 2.75) is 19.8 Å². The van der Waals surface area contributed by atoms with Crippen LogP contribution in [-0.2, 0) is 22.4 Å². The van der Waals surface area contributed by atoms with Crippen LogP contribution in [0.3, 0.4) is 0 Å². The summed E-state index contributed by atoms with van der Waals surface area (Å²) < 4.78 is 5.01. The second kappa shape index (κ2) is 6.74. The van der Waals surface area contributed by atoms with E-state index in [1.54, 1.807) is 0 Å². The van der Waals surface area contributed by atoms with Crippen molar-refractivity contribution in [3.8, 4) is 0 Å². The number of ether oxygens (including phenoxy) is 1. The lowest BCUT2D eigenvalue weighted by Gasteiger charge is -2.09. The van der Waals surface area contributed by atoms with Gasteiger partial charge >= 0.3 is 5.97 Å². The third-order valence-corrected chi connectivity index (χ3v) is 3.00. The zero-order valence-electron chi connectivity index (χ0n) is 11.1. The Morgan fingerprint density at radius 3 is 2.26 bits per heavy atom. The monoisotopic (exact) mass is 254 g/mol. The number of carbonyl (C=O) groups is 1. The molecule has 0 spiro atoms. The highest BCUT2D eigenvalue weighted by Gasteiger charge is 2.08. The van der Waals surface area contributed by atoms with E-state index >= 15 is 0 Å². The molecule has 0 unspecified atom stereocenters. The lowest BCUT2D eigenvalue weighted by Crippen LogP contribution is -2.09. The van der Waals surface area contributed by atoms with Gasteiger partial charge in [0.1, 0.15) is 0 Å². The highest BCUT2D eigenvalue weighted by atomic mass is 16.5. The molecule has 0 aliphatic carbocycles. The van der Waals surface area contributed by atoms with E-state index in [1.807, 2.05) is 43.3 Å². The maximum Gasteiger partial charge on any atom is 0.310 e. The van der Waals surface area contributed by atoms with E-state index in [-0.39, 0.29) is 5.97 Å². The normalized spacial score (nSPS) is 10.2. The minimum absolute atomic E-state index is 0.164. The predicted octanol–water partition coefficient (Wildman–Crippen LogP) is 3.38. The van der Waals surface area contributed by atoms with Crippen LogP contribution < -0.4 is 0 Å². The second-order valence-corrected chi connectivity index (χ2v) is 4.41. The fourth-order valence-corrected chi connectivity index (χ4v) is 2.09. The number of esters is 1. The summed E-state index contributed by atoms with van der Waals surface area (Å²) in [6.07, 6.45) is 1.19. The van der Waals surface area contributed by atoms with Crippen molar-refractivity contribution in [2.75, 3.05) is 6.61 Å². The van der Waals surface area contributed by atoms with E-state index in [2.05, 4.69) is 18.2 Å². The molecule has 0 bridgehead atoms. The van der Waals surface area contributed by atoms with Gasteiger partial charge in [-0.2, -0.15) is 0 Å². The highest BCUT2D eigenvalue weighted by molar-refractivity contribution is 5.73. The van der Waals surface area contributed by atoms with Gasteiger partial charge < -0.3 is 4.74 Å². The molecule has 0 saturated heterocycles. The Hall–Kier alpha value is -2.09.